The summed E-state index contributed by atoms with van der Waals surface area (Å²) in [6.45, 7) is 11.8. The maximum atomic E-state index is 13.4. The molecule has 0 spiro atoms. The van der Waals surface area contributed by atoms with Crippen molar-refractivity contribution in [3.63, 3.8) is 0 Å². The van der Waals surface area contributed by atoms with Gasteiger partial charge < -0.3 is 19.3 Å². The Bertz CT molecular complexity index is 1290. The number of aliphatic hydroxyl groups is 1. The number of Topliss-reactive ketones (excluding diaryl/α,β-unsaturated/α-hetero) is 1. The van der Waals surface area contributed by atoms with Crippen LogP contribution in [-0.4, -0.2) is 56.7 Å². The highest BCUT2D eigenvalue weighted by atomic mass is 35.5. The van der Waals surface area contributed by atoms with Gasteiger partial charge in [0.25, 0.3) is 0 Å². The maximum Gasteiger partial charge on any atom is 0.242 e. The average Bonchev–Trinajstić information content (AvgIpc) is 3.15. The number of aromatic nitrogens is 4. The average molecular weight is 536 g/mol. The highest BCUT2D eigenvalue weighted by Gasteiger charge is 2.25. The molecular formula is C26H38ClN5O5. The number of carbonyl (C=O) groups excluding carboxylic acids is 1. The van der Waals surface area contributed by atoms with E-state index < -0.39 is 0 Å². The lowest BCUT2D eigenvalue weighted by molar-refractivity contribution is 0.0964. The standard InChI is InChI=1S/C26H37N5O5.ClH/c1-8-18(9-2)36-22-12-16(3)24-29-30(25(27)31(24)28-22)15-20(33)17-13-19(26(4,5)6)23(34-7)21(14-17)35-11-10-32;/h12-14,18,27,32H,8-11,15H2,1-7H3;1H. The number of methoxy groups -OCH3 is 1. The monoisotopic (exact) mass is 535 g/mol. The van der Waals surface area contributed by atoms with Crippen molar-refractivity contribution >= 4 is 23.8 Å². The Labute approximate surface area is 223 Å². The molecule has 204 valence electrons. The van der Waals surface area contributed by atoms with Crippen LogP contribution < -0.4 is 19.8 Å². The summed E-state index contributed by atoms with van der Waals surface area (Å²) < 4.78 is 20.0. The lowest BCUT2D eigenvalue weighted by Gasteiger charge is -2.25. The van der Waals surface area contributed by atoms with E-state index in [1.54, 1.807) is 25.3 Å². The van der Waals surface area contributed by atoms with E-state index in [-0.39, 0.29) is 55.1 Å². The molecule has 37 heavy (non-hydrogen) atoms. The Morgan fingerprint density at radius 2 is 1.84 bits per heavy atom. The summed E-state index contributed by atoms with van der Waals surface area (Å²) in [5.41, 5.74) is 2.13. The Hall–Kier alpha value is -3.11. The molecule has 10 nitrogen and oxygen atoms in total. The van der Waals surface area contributed by atoms with Gasteiger partial charge in [-0.2, -0.15) is 4.52 Å². The third-order valence-corrected chi connectivity index (χ3v) is 5.98. The topological polar surface area (TPSA) is 124 Å². The van der Waals surface area contributed by atoms with Crippen molar-refractivity contribution in [2.75, 3.05) is 20.3 Å². The molecule has 0 unspecified atom stereocenters. The summed E-state index contributed by atoms with van der Waals surface area (Å²) >= 11 is 0. The second-order valence-corrected chi connectivity index (χ2v) is 9.74. The van der Waals surface area contributed by atoms with Crippen LogP contribution in [0, 0.1) is 12.3 Å². The van der Waals surface area contributed by atoms with Crippen molar-refractivity contribution in [2.45, 2.75) is 72.4 Å². The molecule has 1 aromatic carbocycles. The first-order chi connectivity index (χ1) is 17.0. The third-order valence-electron chi connectivity index (χ3n) is 5.98. The van der Waals surface area contributed by atoms with E-state index in [1.165, 1.54) is 9.20 Å². The van der Waals surface area contributed by atoms with Crippen LogP contribution in [0.2, 0.25) is 0 Å². The van der Waals surface area contributed by atoms with Crippen molar-refractivity contribution in [1.82, 2.24) is 19.4 Å². The van der Waals surface area contributed by atoms with Gasteiger partial charge >= 0.3 is 0 Å². The molecule has 0 atom stereocenters. The molecule has 0 fully saturated rings. The fourth-order valence-electron chi connectivity index (χ4n) is 3.95. The molecule has 0 aliphatic heterocycles. The van der Waals surface area contributed by atoms with Crippen LogP contribution in [0.25, 0.3) is 5.65 Å². The Morgan fingerprint density at radius 1 is 1.16 bits per heavy atom. The normalized spacial score (nSPS) is 11.5. The van der Waals surface area contributed by atoms with E-state index in [4.69, 9.17) is 19.6 Å². The SMILES string of the molecule is CCC(CC)Oc1cc(C)c2nn(CC(=O)c3cc(OCCO)c(OC)c(C(C)(C)C)c3)c(=N)n2n1.Cl. The van der Waals surface area contributed by atoms with Crippen LogP contribution in [0.3, 0.4) is 0 Å². The van der Waals surface area contributed by atoms with E-state index in [9.17, 15) is 9.90 Å². The van der Waals surface area contributed by atoms with Crippen molar-refractivity contribution in [1.29, 1.82) is 5.41 Å². The zero-order valence-electron chi connectivity index (χ0n) is 22.6. The molecule has 0 amide bonds. The summed E-state index contributed by atoms with van der Waals surface area (Å²) in [6.07, 6.45) is 1.74. The first kappa shape index (κ1) is 30.1. The van der Waals surface area contributed by atoms with Gasteiger partial charge in [-0.25, -0.2) is 4.68 Å². The van der Waals surface area contributed by atoms with Gasteiger partial charge in [-0.1, -0.05) is 34.6 Å². The predicted molar refractivity (Wildman–Crippen MR) is 142 cm³/mol. The number of nitrogens with zero attached hydrogens (tertiary/aromatic N) is 4. The number of benzene rings is 1. The number of hydrogen-bond acceptors (Lipinski definition) is 8. The van der Waals surface area contributed by atoms with Gasteiger partial charge in [0.15, 0.2) is 22.9 Å². The highest BCUT2D eigenvalue weighted by molar-refractivity contribution is 5.97. The summed E-state index contributed by atoms with van der Waals surface area (Å²) in [4.78, 5) is 13.4. The minimum absolute atomic E-state index is 0. The van der Waals surface area contributed by atoms with Gasteiger partial charge in [-0.15, -0.1) is 22.6 Å². The molecule has 0 bridgehead atoms. The number of hydrogen-bond donors (Lipinski definition) is 2. The smallest absolute Gasteiger partial charge is 0.242 e. The number of ketones is 1. The maximum absolute atomic E-state index is 13.4. The number of aryl methyl sites for hydroxylation is 1. The van der Waals surface area contributed by atoms with Crippen molar-refractivity contribution in [2.24, 2.45) is 0 Å². The largest absolute Gasteiger partial charge is 0.493 e. The van der Waals surface area contributed by atoms with Gasteiger partial charge in [0.2, 0.25) is 11.5 Å². The van der Waals surface area contributed by atoms with Crippen LogP contribution in [0.5, 0.6) is 17.4 Å². The molecular weight excluding hydrogens is 498 g/mol. The number of halogens is 1. The lowest BCUT2D eigenvalue weighted by Crippen LogP contribution is -2.27. The molecule has 0 aliphatic rings. The highest BCUT2D eigenvalue weighted by Crippen LogP contribution is 2.40. The molecule has 11 heteroatoms. The molecule has 2 heterocycles. The minimum atomic E-state index is -0.331. The Morgan fingerprint density at radius 3 is 2.41 bits per heavy atom. The fraction of sp³-hybridized carbons (Fsp3) is 0.538. The molecule has 0 radical (unpaired) electrons. The second kappa shape index (κ2) is 12.4. The molecule has 0 saturated heterocycles. The van der Waals surface area contributed by atoms with Crippen molar-refractivity contribution in [3.8, 4) is 17.4 Å². The summed E-state index contributed by atoms with van der Waals surface area (Å²) in [6, 6.07) is 5.20. The predicted octanol–water partition coefficient (Wildman–Crippen LogP) is 3.87. The van der Waals surface area contributed by atoms with E-state index >= 15 is 0 Å². The second-order valence-electron chi connectivity index (χ2n) is 9.74. The lowest BCUT2D eigenvalue weighted by atomic mass is 9.84. The van der Waals surface area contributed by atoms with Gasteiger partial charge in [-0.05, 0) is 37.3 Å². The molecule has 2 aromatic heterocycles. The van der Waals surface area contributed by atoms with Crippen LogP contribution >= 0.6 is 12.4 Å². The Kier molecular flexibility index (Phi) is 10.1. The van der Waals surface area contributed by atoms with E-state index in [2.05, 4.69) is 24.0 Å². The first-order valence-corrected chi connectivity index (χ1v) is 12.2. The van der Waals surface area contributed by atoms with Crippen LogP contribution in [0.1, 0.15) is 68.9 Å². The van der Waals surface area contributed by atoms with Crippen LogP contribution in [0.15, 0.2) is 18.2 Å². The van der Waals surface area contributed by atoms with Gasteiger partial charge in [0, 0.05) is 22.8 Å². The number of aliphatic hydroxyl groups excluding tert-OH is 1. The number of nitrogens with one attached hydrogen (secondary N) is 1. The quantitative estimate of drug-likeness (QED) is 0.357. The van der Waals surface area contributed by atoms with Gasteiger partial charge in [-0.3, -0.25) is 10.2 Å². The molecule has 2 N–H and O–H groups in total. The van der Waals surface area contributed by atoms with E-state index in [0.717, 1.165) is 24.0 Å². The van der Waals surface area contributed by atoms with Crippen molar-refractivity contribution < 1.29 is 24.1 Å². The van der Waals surface area contributed by atoms with Gasteiger partial charge in [0.05, 0.1) is 19.8 Å². The van der Waals surface area contributed by atoms with E-state index in [1.807, 2.05) is 27.7 Å². The van der Waals surface area contributed by atoms with Crippen molar-refractivity contribution in [3.05, 3.63) is 40.5 Å². The third kappa shape index (κ3) is 6.61. The zero-order chi connectivity index (χ0) is 26.6. The number of rotatable bonds is 11. The Balaban J connectivity index is 0.00000481. The fourth-order valence-corrected chi connectivity index (χ4v) is 3.95. The zero-order valence-corrected chi connectivity index (χ0v) is 23.4. The number of carbonyl (C=O) groups is 1. The number of fused-ring (bicyclic) bond motifs is 1. The van der Waals surface area contributed by atoms with Gasteiger partial charge in [0.1, 0.15) is 13.2 Å². The molecule has 0 saturated carbocycles. The summed E-state index contributed by atoms with van der Waals surface area (Å²) in [5.74, 6) is 1.09. The van der Waals surface area contributed by atoms with Crippen LogP contribution in [-0.2, 0) is 12.0 Å². The molecule has 0 aliphatic carbocycles. The van der Waals surface area contributed by atoms with E-state index in [0.29, 0.717) is 28.6 Å². The summed E-state index contributed by atoms with van der Waals surface area (Å²) in [7, 11) is 1.55. The number of ether oxygens (including phenoxy) is 3. The summed E-state index contributed by atoms with van der Waals surface area (Å²) in [5, 5.41) is 26.7. The molecule has 3 rings (SSSR count). The first-order valence-electron chi connectivity index (χ1n) is 12.2. The van der Waals surface area contributed by atoms with Crippen LogP contribution in [0.4, 0.5) is 0 Å². The minimum Gasteiger partial charge on any atom is -0.493 e. The molecule has 3 aromatic rings.